The summed E-state index contributed by atoms with van der Waals surface area (Å²) in [5.41, 5.74) is 0.362. The predicted octanol–water partition coefficient (Wildman–Crippen LogP) is 2.69. The van der Waals surface area contributed by atoms with Crippen LogP contribution in [0.5, 0.6) is 5.75 Å². The van der Waals surface area contributed by atoms with Gasteiger partial charge in [-0.1, -0.05) is 0 Å². The number of hydrogen-bond acceptors (Lipinski definition) is 3. The number of carbonyl (C=O) groups excluding carboxylic acids is 1. The van der Waals surface area contributed by atoms with Gasteiger partial charge in [-0.25, -0.2) is 4.39 Å². The van der Waals surface area contributed by atoms with Gasteiger partial charge in [0.2, 0.25) is 0 Å². The fourth-order valence-electron chi connectivity index (χ4n) is 2.82. The van der Waals surface area contributed by atoms with Gasteiger partial charge in [-0.15, -0.1) is 0 Å². The molecule has 0 bridgehead atoms. The maximum absolute atomic E-state index is 13.4. The Labute approximate surface area is 128 Å². The molecule has 5 nitrogen and oxygen atoms in total. The Morgan fingerprint density at radius 2 is 2.18 bits per heavy atom. The van der Waals surface area contributed by atoms with E-state index in [9.17, 15) is 14.0 Å². The number of likely N-dealkylation sites (tertiary alicyclic amines) is 1. The van der Waals surface area contributed by atoms with Gasteiger partial charge in [0.15, 0.2) is 11.6 Å². The van der Waals surface area contributed by atoms with Crippen LogP contribution in [0, 0.1) is 5.82 Å². The molecule has 0 aliphatic carbocycles. The van der Waals surface area contributed by atoms with E-state index in [1.54, 1.807) is 4.90 Å². The molecule has 1 heterocycles. The lowest BCUT2D eigenvalue weighted by molar-refractivity contribution is -0.137. The fourth-order valence-corrected chi connectivity index (χ4v) is 2.82. The molecule has 1 atom stereocenters. The lowest BCUT2D eigenvalue weighted by Crippen LogP contribution is -2.44. The monoisotopic (exact) mass is 309 g/mol. The molecule has 0 saturated carbocycles. The van der Waals surface area contributed by atoms with E-state index in [1.165, 1.54) is 25.3 Å². The van der Waals surface area contributed by atoms with Gasteiger partial charge in [0.25, 0.3) is 5.91 Å². The number of piperidine rings is 1. The first-order valence-corrected chi connectivity index (χ1v) is 7.39. The first-order valence-electron chi connectivity index (χ1n) is 7.39. The Morgan fingerprint density at radius 1 is 1.41 bits per heavy atom. The van der Waals surface area contributed by atoms with Gasteiger partial charge in [0.1, 0.15) is 0 Å². The molecule has 1 unspecified atom stereocenters. The minimum Gasteiger partial charge on any atom is -0.494 e. The molecular formula is C16H20FNO4. The number of aliphatic carboxylic acids is 1. The van der Waals surface area contributed by atoms with Crippen molar-refractivity contribution in [1.82, 2.24) is 4.90 Å². The lowest BCUT2D eigenvalue weighted by atomic mass is 9.97. The Hall–Kier alpha value is -2.11. The van der Waals surface area contributed by atoms with Crippen molar-refractivity contribution in [2.45, 2.75) is 38.1 Å². The highest BCUT2D eigenvalue weighted by Gasteiger charge is 2.28. The normalized spacial score (nSPS) is 18.1. The van der Waals surface area contributed by atoms with Crippen LogP contribution in [0.4, 0.5) is 4.39 Å². The quantitative estimate of drug-likeness (QED) is 0.908. The Balaban J connectivity index is 2.16. The molecule has 1 saturated heterocycles. The minimum absolute atomic E-state index is 0.0324. The maximum atomic E-state index is 13.4. The highest BCUT2D eigenvalue weighted by molar-refractivity contribution is 5.95. The smallest absolute Gasteiger partial charge is 0.303 e. The van der Waals surface area contributed by atoms with Crippen molar-refractivity contribution >= 4 is 11.9 Å². The van der Waals surface area contributed by atoms with Crippen LogP contribution >= 0.6 is 0 Å². The lowest BCUT2D eigenvalue weighted by Gasteiger charge is -2.35. The Kier molecular flexibility index (Phi) is 5.35. The second-order valence-corrected chi connectivity index (χ2v) is 5.43. The first kappa shape index (κ1) is 16.3. The van der Waals surface area contributed by atoms with Crippen LogP contribution in [-0.2, 0) is 4.79 Å². The molecule has 1 fully saturated rings. The van der Waals surface area contributed by atoms with E-state index in [-0.39, 0.29) is 24.1 Å². The zero-order valence-electron chi connectivity index (χ0n) is 12.5. The summed E-state index contributed by atoms with van der Waals surface area (Å²) in [6, 6.07) is 3.96. The van der Waals surface area contributed by atoms with Crippen LogP contribution in [0.1, 0.15) is 42.5 Å². The van der Waals surface area contributed by atoms with Crippen molar-refractivity contribution in [1.29, 1.82) is 0 Å². The molecule has 0 aromatic heterocycles. The molecule has 0 radical (unpaired) electrons. The Morgan fingerprint density at radius 3 is 2.86 bits per heavy atom. The van der Waals surface area contributed by atoms with E-state index >= 15 is 0 Å². The highest BCUT2D eigenvalue weighted by atomic mass is 19.1. The number of carbonyl (C=O) groups is 2. The third-order valence-corrected chi connectivity index (χ3v) is 3.98. The maximum Gasteiger partial charge on any atom is 0.303 e. The molecule has 0 spiro atoms. The van der Waals surface area contributed by atoms with Gasteiger partial charge in [0, 0.05) is 24.6 Å². The second kappa shape index (κ2) is 7.24. The molecular weight excluding hydrogens is 289 g/mol. The van der Waals surface area contributed by atoms with Gasteiger partial charge in [-0.05, 0) is 43.9 Å². The summed E-state index contributed by atoms with van der Waals surface area (Å²) in [5, 5.41) is 8.82. The summed E-state index contributed by atoms with van der Waals surface area (Å²) in [5.74, 6) is -1.54. The molecule has 120 valence electrons. The first-order chi connectivity index (χ1) is 10.5. The van der Waals surface area contributed by atoms with E-state index < -0.39 is 11.8 Å². The molecule has 1 aromatic rings. The SMILES string of the molecule is COc1cc(C(=O)N2CCCCC2CCC(=O)O)ccc1F. The molecule has 1 amide bonds. The van der Waals surface area contributed by atoms with Gasteiger partial charge in [-0.2, -0.15) is 0 Å². The zero-order chi connectivity index (χ0) is 16.1. The predicted molar refractivity (Wildman–Crippen MR) is 78.5 cm³/mol. The summed E-state index contributed by atoms with van der Waals surface area (Å²) >= 11 is 0. The van der Waals surface area contributed by atoms with Gasteiger partial charge < -0.3 is 14.7 Å². The third kappa shape index (κ3) is 3.75. The number of carboxylic acid groups (broad SMARTS) is 1. The minimum atomic E-state index is -0.860. The number of halogens is 1. The molecule has 1 aromatic carbocycles. The van der Waals surface area contributed by atoms with Crippen molar-refractivity contribution in [2.24, 2.45) is 0 Å². The average Bonchev–Trinajstić information content (AvgIpc) is 2.53. The van der Waals surface area contributed by atoms with Crippen LogP contribution in [0.15, 0.2) is 18.2 Å². The number of nitrogens with zero attached hydrogens (tertiary/aromatic N) is 1. The summed E-state index contributed by atoms with van der Waals surface area (Å²) in [6.07, 6.45) is 3.17. The van der Waals surface area contributed by atoms with E-state index in [0.717, 1.165) is 19.3 Å². The number of hydrogen-bond donors (Lipinski definition) is 1. The van der Waals surface area contributed by atoms with Crippen molar-refractivity contribution in [3.63, 3.8) is 0 Å². The van der Waals surface area contributed by atoms with E-state index in [2.05, 4.69) is 0 Å². The number of amides is 1. The van der Waals surface area contributed by atoms with Gasteiger partial charge in [-0.3, -0.25) is 9.59 Å². The van der Waals surface area contributed by atoms with Crippen molar-refractivity contribution in [3.8, 4) is 5.75 Å². The van der Waals surface area contributed by atoms with Crippen LogP contribution in [0.2, 0.25) is 0 Å². The van der Waals surface area contributed by atoms with E-state index in [1.807, 2.05) is 0 Å². The zero-order valence-corrected chi connectivity index (χ0v) is 12.5. The van der Waals surface area contributed by atoms with Gasteiger partial charge >= 0.3 is 5.97 Å². The van der Waals surface area contributed by atoms with Crippen LogP contribution in [0.25, 0.3) is 0 Å². The highest BCUT2D eigenvalue weighted by Crippen LogP contribution is 2.25. The third-order valence-electron chi connectivity index (χ3n) is 3.98. The van der Waals surface area contributed by atoms with Gasteiger partial charge in [0.05, 0.1) is 7.11 Å². The average molecular weight is 309 g/mol. The second-order valence-electron chi connectivity index (χ2n) is 5.43. The molecule has 2 rings (SSSR count). The van der Waals surface area contributed by atoms with Crippen molar-refractivity contribution < 1.29 is 23.8 Å². The molecule has 6 heteroatoms. The molecule has 1 aliphatic heterocycles. The van der Waals surface area contributed by atoms with Crippen LogP contribution in [0.3, 0.4) is 0 Å². The van der Waals surface area contributed by atoms with Crippen LogP contribution < -0.4 is 4.74 Å². The summed E-state index contributed by atoms with van der Waals surface area (Å²) < 4.78 is 18.4. The summed E-state index contributed by atoms with van der Waals surface area (Å²) in [7, 11) is 1.35. The summed E-state index contributed by atoms with van der Waals surface area (Å²) in [6.45, 7) is 0.600. The Bertz CT molecular complexity index is 561. The fraction of sp³-hybridized carbons (Fsp3) is 0.500. The largest absolute Gasteiger partial charge is 0.494 e. The number of rotatable bonds is 5. The van der Waals surface area contributed by atoms with E-state index in [0.29, 0.717) is 18.5 Å². The molecule has 1 N–H and O–H groups in total. The molecule has 1 aliphatic rings. The van der Waals surface area contributed by atoms with E-state index in [4.69, 9.17) is 9.84 Å². The summed E-state index contributed by atoms with van der Waals surface area (Å²) in [4.78, 5) is 25.1. The number of methoxy groups -OCH3 is 1. The number of carboxylic acids is 1. The van der Waals surface area contributed by atoms with Crippen molar-refractivity contribution in [2.75, 3.05) is 13.7 Å². The molecule has 22 heavy (non-hydrogen) atoms. The van der Waals surface area contributed by atoms with Crippen LogP contribution in [-0.4, -0.2) is 41.6 Å². The number of ether oxygens (including phenoxy) is 1. The van der Waals surface area contributed by atoms with Crippen molar-refractivity contribution in [3.05, 3.63) is 29.6 Å². The standard InChI is InChI=1S/C16H20FNO4/c1-22-14-10-11(5-7-13(14)17)16(21)18-9-3-2-4-12(18)6-8-15(19)20/h5,7,10,12H,2-4,6,8-9H2,1H3,(H,19,20). The topological polar surface area (TPSA) is 66.8 Å². The number of benzene rings is 1.